The van der Waals surface area contributed by atoms with Crippen LogP contribution in [0, 0.1) is 0 Å². The number of ether oxygens (including phenoxy) is 2. The van der Waals surface area contributed by atoms with Crippen LogP contribution >= 0.6 is 11.8 Å². The summed E-state index contributed by atoms with van der Waals surface area (Å²) in [5, 5.41) is 24.0. The molecule has 0 saturated carbocycles. The van der Waals surface area contributed by atoms with Gasteiger partial charge in [0.05, 0.1) is 32.2 Å². The molecule has 11 heteroatoms. The molecule has 0 atom stereocenters. The second-order valence-electron chi connectivity index (χ2n) is 7.56. The number of carbonyl (C=O) groups excluding carboxylic acids is 2. The van der Waals surface area contributed by atoms with Crippen molar-refractivity contribution < 1.29 is 24.2 Å². The summed E-state index contributed by atoms with van der Waals surface area (Å²) in [4.78, 5) is 23.2. The number of nitrogens with zero attached hydrogens (tertiary/aromatic N) is 4. The van der Waals surface area contributed by atoms with Gasteiger partial charge in [0.15, 0.2) is 11.0 Å². The lowest BCUT2D eigenvalue weighted by Crippen LogP contribution is -2.22. The van der Waals surface area contributed by atoms with Crippen LogP contribution in [-0.2, 0) is 4.79 Å². The number of hydrogen-bond acceptors (Lipinski definition) is 9. The number of hydrazone groups is 1. The molecule has 0 spiro atoms. The van der Waals surface area contributed by atoms with Crippen LogP contribution in [0.4, 0.5) is 0 Å². The van der Waals surface area contributed by atoms with Crippen LogP contribution in [0.5, 0.6) is 11.5 Å². The van der Waals surface area contributed by atoms with Gasteiger partial charge in [0.1, 0.15) is 11.5 Å². The number of nitrogens with one attached hydrogen (secondary N) is 1. The van der Waals surface area contributed by atoms with E-state index < -0.39 is 5.97 Å². The Morgan fingerprint density at radius 1 is 0.946 bits per heavy atom. The highest BCUT2D eigenvalue weighted by Crippen LogP contribution is 2.29. The van der Waals surface area contributed by atoms with Gasteiger partial charge in [0, 0.05) is 11.3 Å². The second kappa shape index (κ2) is 11.9. The van der Waals surface area contributed by atoms with E-state index in [2.05, 4.69) is 20.7 Å². The van der Waals surface area contributed by atoms with E-state index in [0.717, 1.165) is 17.0 Å². The lowest BCUT2D eigenvalue weighted by molar-refractivity contribution is -0.255. The summed E-state index contributed by atoms with van der Waals surface area (Å²) < 4.78 is 12.4. The Hall–Kier alpha value is -4.64. The number of amides is 1. The number of carbonyl (C=O) groups is 2. The summed E-state index contributed by atoms with van der Waals surface area (Å²) in [6, 6.07) is 20.8. The average molecular weight is 517 g/mol. The van der Waals surface area contributed by atoms with E-state index in [1.807, 2.05) is 53.1 Å². The van der Waals surface area contributed by atoms with E-state index in [4.69, 9.17) is 9.47 Å². The number of hydrogen-bond donors (Lipinski definition) is 1. The molecule has 10 nitrogen and oxygen atoms in total. The molecular formula is C26H22N5O5S-. The van der Waals surface area contributed by atoms with E-state index in [0.29, 0.717) is 22.3 Å². The van der Waals surface area contributed by atoms with Gasteiger partial charge in [-0.05, 0) is 59.7 Å². The molecule has 0 fully saturated rings. The lowest BCUT2D eigenvalue weighted by Gasteiger charge is -2.11. The number of carboxylic acids is 1. The number of benzene rings is 3. The Morgan fingerprint density at radius 3 is 2.16 bits per heavy atom. The number of methoxy groups -OCH3 is 2. The number of aromatic carboxylic acids is 1. The van der Waals surface area contributed by atoms with Crippen LogP contribution in [-0.4, -0.2) is 52.8 Å². The van der Waals surface area contributed by atoms with Crippen LogP contribution < -0.4 is 20.0 Å². The Labute approximate surface area is 217 Å². The molecule has 0 saturated heterocycles. The first kappa shape index (κ1) is 25.5. The molecule has 3 aromatic carbocycles. The average Bonchev–Trinajstić information content (AvgIpc) is 3.36. The highest BCUT2D eigenvalue weighted by Gasteiger charge is 2.17. The van der Waals surface area contributed by atoms with Crippen molar-refractivity contribution in [3.8, 4) is 28.6 Å². The van der Waals surface area contributed by atoms with Crippen LogP contribution in [0.2, 0.25) is 0 Å². The summed E-state index contributed by atoms with van der Waals surface area (Å²) in [6.07, 6.45) is 1.42. The highest BCUT2D eigenvalue weighted by atomic mass is 32.2. The molecule has 1 N–H and O–H groups in total. The maximum Gasteiger partial charge on any atom is 0.250 e. The second-order valence-corrected chi connectivity index (χ2v) is 8.50. The zero-order valence-electron chi connectivity index (χ0n) is 20.0. The first-order valence-corrected chi connectivity index (χ1v) is 12.0. The molecular weight excluding hydrogens is 494 g/mol. The topological polar surface area (TPSA) is 131 Å². The van der Waals surface area contributed by atoms with Crippen molar-refractivity contribution in [2.75, 3.05) is 20.0 Å². The molecule has 0 unspecified atom stereocenters. The van der Waals surface area contributed by atoms with E-state index in [-0.39, 0.29) is 17.2 Å². The third-order valence-electron chi connectivity index (χ3n) is 5.19. The van der Waals surface area contributed by atoms with Gasteiger partial charge in [-0.25, -0.2) is 5.43 Å². The Balaban J connectivity index is 1.49. The van der Waals surface area contributed by atoms with E-state index >= 15 is 0 Å². The van der Waals surface area contributed by atoms with Gasteiger partial charge < -0.3 is 19.4 Å². The maximum atomic E-state index is 12.4. The molecule has 1 aromatic heterocycles. The normalized spacial score (nSPS) is 10.9. The van der Waals surface area contributed by atoms with Gasteiger partial charge >= 0.3 is 0 Å². The molecule has 1 heterocycles. The van der Waals surface area contributed by atoms with Crippen LogP contribution in [0.3, 0.4) is 0 Å². The number of thioether (sulfide) groups is 1. The van der Waals surface area contributed by atoms with Crippen molar-refractivity contribution in [2.24, 2.45) is 5.10 Å². The zero-order valence-corrected chi connectivity index (χ0v) is 20.8. The zero-order chi connectivity index (χ0) is 26.2. The van der Waals surface area contributed by atoms with Gasteiger partial charge in [0.2, 0.25) is 0 Å². The lowest BCUT2D eigenvalue weighted by atomic mass is 10.1. The SMILES string of the molecule is COc1ccc(-c2nnc(SCC(=O)N/N=C\c3ccc(C(=O)[O-])cc3)n2-c2ccc(OC)cc2)cc1. The molecule has 0 aliphatic rings. The molecule has 37 heavy (non-hydrogen) atoms. The van der Waals surface area contributed by atoms with Crippen molar-refractivity contribution >= 4 is 29.9 Å². The first-order valence-electron chi connectivity index (χ1n) is 11.0. The minimum atomic E-state index is -1.26. The summed E-state index contributed by atoms with van der Waals surface area (Å²) >= 11 is 1.21. The predicted octanol–water partition coefficient (Wildman–Crippen LogP) is 2.56. The Bertz CT molecular complexity index is 1400. The van der Waals surface area contributed by atoms with E-state index in [9.17, 15) is 14.7 Å². The number of aromatic nitrogens is 3. The summed E-state index contributed by atoms with van der Waals surface area (Å²) in [6.45, 7) is 0. The van der Waals surface area contributed by atoms with Crippen molar-refractivity contribution in [1.29, 1.82) is 0 Å². The molecule has 188 valence electrons. The summed E-state index contributed by atoms with van der Waals surface area (Å²) in [5.74, 6) is 0.477. The Kier molecular flexibility index (Phi) is 8.16. The van der Waals surface area contributed by atoms with Crippen molar-refractivity contribution in [3.63, 3.8) is 0 Å². The van der Waals surface area contributed by atoms with Gasteiger partial charge in [0.25, 0.3) is 5.91 Å². The minimum absolute atomic E-state index is 0.0395. The molecule has 1 amide bonds. The van der Waals surface area contributed by atoms with Crippen molar-refractivity contribution in [2.45, 2.75) is 5.16 Å². The largest absolute Gasteiger partial charge is 0.545 e. The van der Waals surface area contributed by atoms with Gasteiger partial charge in [-0.3, -0.25) is 9.36 Å². The highest BCUT2D eigenvalue weighted by molar-refractivity contribution is 7.99. The fourth-order valence-corrected chi connectivity index (χ4v) is 4.05. The molecule has 0 aliphatic heterocycles. The Morgan fingerprint density at radius 2 is 1.57 bits per heavy atom. The van der Waals surface area contributed by atoms with E-state index in [1.54, 1.807) is 26.4 Å². The predicted molar refractivity (Wildman–Crippen MR) is 137 cm³/mol. The van der Waals surface area contributed by atoms with E-state index in [1.165, 1.54) is 30.1 Å². The summed E-state index contributed by atoms with van der Waals surface area (Å²) in [5.41, 5.74) is 4.78. The minimum Gasteiger partial charge on any atom is -0.545 e. The van der Waals surface area contributed by atoms with Gasteiger partial charge in [-0.1, -0.05) is 36.0 Å². The van der Waals surface area contributed by atoms with Gasteiger partial charge in [-0.2, -0.15) is 5.10 Å². The van der Waals surface area contributed by atoms with Crippen molar-refractivity contribution in [3.05, 3.63) is 83.9 Å². The molecule has 0 radical (unpaired) electrons. The van der Waals surface area contributed by atoms with Crippen LogP contribution in [0.25, 0.3) is 17.1 Å². The summed E-state index contributed by atoms with van der Waals surface area (Å²) in [7, 11) is 3.20. The maximum absolute atomic E-state index is 12.4. The molecule has 4 rings (SSSR count). The fraction of sp³-hybridized carbons (Fsp3) is 0.115. The first-order chi connectivity index (χ1) is 18.0. The number of carboxylic acid groups (broad SMARTS) is 1. The van der Waals surface area contributed by atoms with Gasteiger partial charge in [-0.15, -0.1) is 10.2 Å². The standard InChI is InChI=1S/C26H23N5O5S/c1-35-21-11-7-18(8-12-21)24-29-30-26(31(24)20-9-13-22(36-2)14-10-20)37-16-23(32)28-27-15-17-3-5-19(6-4-17)25(33)34/h3-15H,16H2,1-2H3,(H,28,32)(H,33,34)/p-1/b27-15-. The third kappa shape index (κ3) is 6.33. The molecule has 0 aliphatic carbocycles. The number of rotatable bonds is 10. The molecule has 4 aromatic rings. The molecule has 0 bridgehead atoms. The smallest absolute Gasteiger partial charge is 0.250 e. The van der Waals surface area contributed by atoms with Crippen LogP contribution in [0.15, 0.2) is 83.1 Å². The van der Waals surface area contributed by atoms with Crippen LogP contribution in [0.1, 0.15) is 15.9 Å². The van der Waals surface area contributed by atoms with Crippen molar-refractivity contribution in [1.82, 2.24) is 20.2 Å². The third-order valence-corrected chi connectivity index (χ3v) is 6.12. The quantitative estimate of drug-likeness (QED) is 0.193. The fourth-order valence-electron chi connectivity index (χ4n) is 3.30. The monoisotopic (exact) mass is 516 g/mol.